The van der Waals surface area contributed by atoms with Crippen LogP contribution in [0.15, 0.2) is 42.5 Å². The van der Waals surface area contributed by atoms with Gasteiger partial charge in [0, 0.05) is 0 Å². The van der Waals surface area contributed by atoms with E-state index in [1.165, 1.54) is 74.1 Å². The molecule has 0 amide bonds. The summed E-state index contributed by atoms with van der Waals surface area (Å²) in [4.78, 5) is 0. The van der Waals surface area contributed by atoms with E-state index in [2.05, 4.69) is 56.3 Å². The van der Waals surface area contributed by atoms with Crippen molar-refractivity contribution in [1.29, 1.82) is 0 Å². The maximum atomic E-state index is 2.44. The first kappa shape index (κ1) is 17.5. The molecular weight excluding hydrogens is 288 g/mol. The molecule has 0 aromatic heterocycles. The number of rotatable bonds is 7. The summed E-state index contributed by atoms with van der Waals surface area (Å²) in [5.74, 6) is 2.72. The average molecular weight is 323 g/mol. The van der Waals surface area contributed by atoms with Gasteiger partial charge in [0.1, 0.15) is 0 Å². The molecule has 2 aromatic carbocycles. The molecule has 0 saturated heterocycles. The number of hydrogen-bond acceptors (Lipinski definition) is 0. The Morgan fingerprint density at radius 2 is 1.71 bits per heavy atom. The van der Waals surface area contributed by atoms with Crippen LogP contribution in [-0.2, 0) is 6.42 Å². The van der Waals surface area contributed by atoms with Crippen LogP contribution >= 0.6 is 0 Å². The van der Waals surface area contributed by atoms with Crippen molar-refractivity contribution in [2.24, 2.45) is 17.8 Å². The van der Waals surface area contributed by atoms with Gasteiger partial charge in [-0.3, -0.25) is 0 Å². The maximum Gasteiger partial charge on any atom is -0.0181 e. The van der Waals surface area contributed by atoms with Crippen LogP contribution in [0.3, 0.4) is 0 Å². The third-order valence-electron chi connectivity index (χ3n) is 6.16. The predicted molar refractivity (Wildman–Crippen MR) is 106 cm³/mol. The molecule has 1 saturated carbocycles. The van der Waals surface area contributed by atoms with E-state index in [-0.39, 0.29) is 0 Å². The van der Waals surface area contributed by atoms with Crippen LogP contribution in [0.5, 0.6) is 0 Å². The highest BCUT2D eigenvalue weighted by Gasteiger charge is 2.21. The van der Waals surface area contributed by atoms with Crippen molar-refractivity contribution in [2.45, 2.75) is 71.6 Å². The topological polar surface area (TPSA) is 0 Å². The van der Waals surface area contributed by atoms with Crippen LogP contribution in [-0.4, -0.2) is 0 Å². The third-order valence-corrected chi connectivity index (χ3v) is 6.16. The summed E-state index contributed by atoms with van der Waals surface area (Å²) in [5, 5.41) is 2.77. The first-order valence-electron chi connectivity index (χ1n) is 10.2. The van der Waals surface area contributed by atoms with E-state index < -0.39 is 0 Å². The van der Waals surface area contributed by atoms with Crippen LogP contribution in [0.4, 0.5) is 0 Å². The summed E-state index contributed by atoms with van der Waals surface area (Å²) in [5.41, 5.74) is 1.54. The number of hydrogen-bond donors (Lipinski definition) is 0. The highest BCUT2D eigenvalue weighted by Crippen LogP contribution is 2.33. The zero-order valence-corrected chi connectivity index (χ0v) is 15.6. The summed E-state index contributed by atoms with van der Waals surface area (Å²) < 4.78 is 0. The predicted octanol–water partition coefficient (Wildman–Crippen LogP) is 7.41. The van der Waals surface area contributed by atoms with Gasteiger partial charge >= 0.3 is 0 Å². The molecule has 1 fully saturated rings. The van der Waals surface area contributed by atoms with E-state index in [9.17, 15) is 0 Å². The zero-order valence-electron chi connectivity index (χ0n) is 15.6. The molecule has 0 spiro atoms. The molecule has 0 radical (unpaired) electrons. The smallest absolute Gasteiger partial charge is 0.0181 e. The summed E-state index contributed by atoms with van der Waals surface area (Å²) in [7, 11) is 0. The largest absolute Gasteiger partial charge is 0.0651 e. The lowest BCUT2D eigenvalue weighted by atomic mass is 9.78. The van der Waals surface area contributed by atoms with Crippen LogP contribution in [0, 0.1) is 17.8 Å². The van der Waals surface area contributed by atoms with Gasteiger partial charge in [0.2, 0.25) is 0 Å². The summed E-state index contributed by atoms with van der Waals surface area (Å²) >= 11 is 0. The van der Waals surface area contributed by atoms with Crippen LogP contribution in [0.2, 0.25) is 0 Å². The van der Waals surface area contributed by atoms with Crippen molar-refractivity contribution in [3.63, 3.8) is 0 Å². The van der Waals surface area contributed by atoms with Crippen LogP contribution in [0.1, 0.15) is 70.8 Å². The van der Waals surface area contributed by atoms with Gasteiger partial charge in [-0.05, 0) is 53.4 Å². The Labute approximate surface area is 148 Å². The minimum Gasteiger partial charge on any atom is -0.0651 e. The molecule has 1 aliphatic rings. The summed E-state index contributed by atoms with van der Waals surface area (Å²) in [6.45, 7) is 4.78. The van der Waals surface area contributed by atoms with Crippen molar-refractivity contribution < 1.29 is 0 Å². The number of benzene rings is 2. The lowest BCUT2D eigenvalue weighted by molar-refractivity contribution is 0.257. The molecule has 2 atom stereocenters. The lowest BCUT2D eigenvalue weighted by Crippen LogP contribution is -2.16. The van der Waals surface area contributed by atoms with Gasteiger partial charge in [0.05, 0.1) is 0 Å². The van der Waals surface area contributed by atoms with Crippen molar-refractivity contribution in [1.82, 2.24) is 0 Å². The second kappa shape index (κ2) is 8.70. The first-order valence-corrected chi connectivity index (χ1v) is 10.2. The number of fused-ring (bicyclic) bond motifs is 1. The Morgan fingerprint density at radius 1 is 0.958 bits per heavy atom. The SMILES string of the molecule is CCC(C)CC(Cc1ccc2ccccc2c1)CC1CCCCC1. The normalized spacial score (nSPS) is 18.6. The standard InChI is InChI=1S/C24H34/c1-3-19(2)15-22(16-20-9-5-4-6-10-20)17-21-13-14-23-11-7-8-12-24(23)18-21/h7-8,11-14,18-20,22H,3-6,9-10,15-17H2,1-2H3. The molecule has 2 unspecified atom stereocenters. The Morgan fingerprint density at radius 3 is 2.46 bits per heavy atom. The van der Waals surface area contributed by atoms with Crippen LogP contribution < -0.4 is 0 Å². The molecule has 24 heavy (non-hydrogen) atoms. The van der Waals surface area contributed by atoms with Crippen LogP contribution in [0.25, 0.3) is 10.8 Å². The first-order chi connectivity index (χ1) is 11.7. The molecular formula is C24H34. The fourth-order valence-electron chi connectivity index (χ4n) is 4.59. The van der Waals surface area contributed by atoms with E-state index in [1.807, 2.05) is 0 Å². The molecule has 1 aliphatic carbocycles. The minimum atomic E-state index is 0.860. The Kier molecular flexibility index (Phi) is 6.35. The molecule has 130 valence electrons. The fourth-order valence-corrected chi connectivity index (χ4v) is 4.59. The highest BCUT2D eigenvalue weighted by molar-refractivity contribution is 5.82. The van der Waals surface area contributed by atoms with Gasteiger partial charge in [-0.1, -0.05) is 94.8 Å². The minimum absolute atomic E-state index is 0.860. The van der Waals surface area contributed by atoms with Gasteiger partial charge in [-0.15, -0.1) is 0 Å². The van der Waals surface area contributed by atoms with Crippen molar-refractivity contribution in [3.05, 3.63) is 48.0 Å². The summed E-state index contributed by atoms with van der Waals surface area (Å²) in [6.07, 6.45) is 12.8. The Hall–Kier alpha value is -1.30. The van der Waals surface area contributed by atoms with Crippen molar-refractivity contribution in [3.8, 4) is 0 Å². The Bertz CT molecular complexity index is 621. The van der Waals surface area contributed by atoms with Crippen molar-refractivity contribution >= 4 is 10.8 Å². The zero-order chi connectivity index (χ0) is 16.8. The van der Waals surface area contributed by atoms with E-state index in [1.54, 1.807) is 0 Å². The second-order valence-corrected chi connectivity index (χ2v) is 8.24. The molecule has 3 rings (SSSR count). The molecule has 0 nitrogen and oxygen atoms in total. The van der Waals surface area contributed by atoms with E-state index in [0.717, 1.165) is 17.8 Å². The van der Waals surface area contributed by atoms with Gasteiger partial charge in [0.25, 0.3) is 0 Å². The highest BCUT2D eigenvalue weighted by atomic mass is 14.3. The molecule has 2 aromatic rings. The fraction of sp³-hybridized carbons (Fsp3) is 0.583. The third kappa shape index (κ3) is 4.85. The molecule has 0 heteroatoms. The second-order valence-electron chi connectivity index (χ2n) is 8.24. The van der Waals surface area contributed by atoms with Gasteiger partial charge in [-0.25, -0.2) is 0 Å². The molecule has 0 heterocycles. The van der Waals surface area contributed by atoms with E-state index in [4.69, 9.17) is 0 Å². The molecule has 0 N–H and O–H groups in total. The van der Waals surface area contributed by atoms with Gasteiger partial charge in [0.15, 0.2) is 0 Å². The van der Waals surface area contributed by atoms with E-state index in [0.29, 0.717) is 0 Å². The quantitative estimate of drug-likeness (QED) is 0.498. The van der Waals surface area contributed by atoms with Crippen molar-refractivity contribution in [2.75, 3.05) is 0 Å². The molecule has 0 bridgehead atoms. The van der Waals surface area contributed by atoms with Gasteiger partial charge in [-0.2, -0.15) is 0 Å². The van der Waals surface area contributed by atoms with E-state index >= 15 is 0 Å². The summed E-state index contributed by atoms with van der Waals surface area (Å²) in [6, 6.07) is 15.9. The monoisotopic (exact) mass is 322 g/mol. The maximum absolute atomic E-state index is 2.44. The lowest BCUT2D eigenvalue weighted by Gasteiger charge is -2.28. The Balaban J connectivity index is 1.70. The molecule has 0 aliphatic heterocycles. The average Bonchev–Trinajstić information content (AvgIpc) is 2.62. The van der Waals surface area contributed by atoms with Gasteiger partial charge < -0.3 is 0 Å².